The smallest absolute Gasteiger partial charge is 0.118 e. The Kier molecular flexibility index (Phi) is 2.90. The van der Waals surface area contributed by atoms with E-state index in [-0.39, 0.29) is 6.17 Å². The number of hydrogen-bond acceptors (Lipinski definition) is 4. The van der Waals surface area contributed by atoms with Crippen LogP contribution in [-0.2, 0) is 0 Å². The molecular formula is C11H17N3O. The molecule has 3 atom stereocenters. The molecule has 0 aliphatic carbocycles. The zero-order chi connectivity index (χ0) is 10.8. The number of methoxy groups -OCH3 is 1. The molecule has 0 spiro atoms. The predicted octanol–water partition coefficient (Wildman–Crippen LogP) is 0.560. The Bertz CT molecular complexity index is 315. The van der Waals surface area contributed by atoms with Crippen LogP contribution in [0.15, 0.2) is 24.3 Å². The lowest BCUT2D eigenvalue weighted by Gasteiger charge is -2.18. The molecule has 1 aromatic rings. The number of hydrazine groups is 1. The Labute approximate surface area is 89.8 Å². The molecule has 3 unspecified atom stereocenters. The van der Waals surface area contributed by atoms with E-state index in [0.29, 0.717) is 12.0 Å². The highest BCUT2D eigenvalue weighted by molar-refractivity contribution is 5.31. The molecule has 82 valence electrons. The third-order valence-electron chi connectivity index (χ3n) is 2.90. The van der Waals surface area contributed by atoms with Crippen molar-refractivity contribution in [1.29, 1.82) is 0 Å². The van der Waals surface area contributed by atoms with Gasteiger partial charge in [0.1, 0.15) is 5.75 Å². The maximum absolute atomic E-state index is 5.97. The quantitative estimate of drug-likeness (QED) is 0.663. The van der Waals surface area contributed by atoms with Crippen molar-refractivity contribution in [2.75, 3.05) is 7.11 Å². The van der Waals surface area contributed by atoms with Crippen LogP contribution in [0.3, 0.4) is 0 Å². The van der Waals surface area contributed by atoms with Crippen LogP contribution < -0.4 is 21.3 Å². The van der Waals surface area contributed by atoms with Gasteiger partial charge >= 0.3 is 0 Å². The molecule has 1 aliphatic heterocycles. The summed E-state index contributed by atoms with van der Waals surface area (Å²) < 4.78 is 5.12. The maximum atomic E-state index is 5.97. The first-order chi connectivity index (χ1) is 7.22. The number of nitrogens with one attached hydrogen (secondary N) is 2. The van der Waals surface area contributed by atoms with Crippen molar-refractivity contribution < 1.29 is 4.74 Å². The fourth-order valence-corrected chi connectivity index (χ4v) is 2.04. The van der Waals surface area contributed by atoms with E-state index in [1.165, 1.54) is 5.56 Å². The highest BCUT2D eigenvalue weighted by Crippen LogP contribution is 2.26. The Morgan fingerprint density at radius 1 is 1.20 bits per heavy atom. The van der Waals surface area contributed by atoms with Gasteiger partial charge in [0.2, 0.25) is 0 Å². The molecule has 4 nitrogen and oxygen atoms in total. The van der Waals surface area contributed by atoms with Crippen molar-refractivity contribution in [3.8, 4) is 5.75 Å². The molecule has 1 heterocycles. The molecule has 15 heavy (non-hydrogen) atoms. The van der Waals surface area contributed by atoms with Crippen LogP contribution in [0, 0.1) is 0 Å². The van der Waals surface area contributed by atoms with Gasteiger partial charge in [-0.05, 0) is 24.6 Å². The molecule has 4 heteroatoms. The summed E-state index contributed by atoms with van der Waals surface area (Å²) in [6.45, 7) is 2.12. The highest BCUT2D eigenvalue weighted by atomic mass is 16.5. The molecule has 2 rings (SSSR count). The van der Waals surface area contributed by atoms with Gasteiger partial charge in [-0.15, -0.1) is 0 Å². The van der Waals surface area contributed by atoms with E-state index in [4.69, 9.17) is 10.5 Å². The van der Waals surface area contributed by atoms with E-state index in [2.05, 4.69) is 29.9 Å². The second-order valence-corrected chi connectivity index (χ2v) is 3.90. The molecule has 0 amide bonds. The van der Waals surface area contributed by atoms with Crippen LogP contribution in [0.1, 0.15) is 18.4 Å². The number of rotatable bonds is 2. The predicted molar refractivity (Wildman–Crippen MR) is 59.4 cm³/mol. The minimum Gasteiger partial charge on any atom is -0.497 e. The van der Waals surface area contributed by atoms with E-state index in [0.717, 1.165) is 5.75 Å². The first kappa shape index (κ1) is 10.4. The summed E-state index contributed by atoms with van der Waals surface area (Å²) in [6, 6.07) is 8.40. The molecule has 0 aromatic heterocycles. The zero-order valence-electron chi connectivity index (χ0n) is 9.03. The van der Waals surface area contributed by atoms with Crippen LogP contribution >= 0.6 is 0 Å². The van der Waals surface area contributed by atoms with Gasteiger partial charge in [-0.2, -0.15) is 0 Å². The van der Waals surface area contributed by atoms with Gasteiger partial charge in [-0.1, -0.05) is 12.1 Å². The number of hydrogen-bond donors (Lipinski definition) is 3. The van der Waals surface area contributed by atoms with Gasteiger partial charge in [0.05, 0.1) is 13.3 Å². The Balaban J connectivity index is 2.21. The molecule has 0 radical (unpaired) electrons. The second-order valence-electron chi connectivity index (χ2n) is 3.90. The lowest BCUT2D eigenvalue weighted by Crippen LogP contribution is -2.38. The highest BCUT2D eigenvalue weighted by Gasteiger charge is 2.31. The van der Waals surface area contributed by atoms with Gasteiger partial charge in [-0.25, -0.2) is 5.43 Å². The topological polar surface area (TPSA) is 59.3 Å². The summed E-state index contributed by atoms with van der Waals surface area (Å²) in [5.74, 6) is 1.18. The van der Waals surface area contributed by atoms with Crippen molar-refractivity contribution in [1.82, 2.24) is 10.9 Å². The van der Waals surface area contributed by atoms with Crippen LogP contribution in [-0.4, -0.2) is 19.3 Å². The third kappa shape index (κ3) is 1.97. The minimum atomic E-state index is -0.0339. The van der Waals surface area contributed by atoms with E-state index >= 15 is 0 Å². The Morgan fingerprint density at radius 2 is 1.87 bits per heavy atom. The van der Waals surface area contributed by atoms with Crippen molar-refractivity contribution in [2.45, 2.75) is 25.0 Å². The van der Waals surface area contributed by atoms with Crippen molar-refractivity contribution in [2.24, 2.45) is 5.73 Å². The summed E-state index contributed by atoms with van der Waals surface area (Å²) in [7, 11) is 1.67. The molecular weight excluding hydrogens is 190 g/mol. The van der Waals surface area contributed by atoms with Gasteiger partial charge in [0.15, 0.2) is 0 Å². The molecule has 1 aromatic carbocycles. The number of benzene rings is 1. The number of ether oxygens (including phenoxy) is 1. The van der Waals surface area contributed by atoms with Crippen LogP contribution in [0.2, 0.25) is 0 Å². The summed E-state index contributed by atoms with van der Waals surface area (Å²) in [5, 5.41) is 0. The normalized spacial score (nSPS) is 30.5. The zero-order valence-corrected chi connectivity index (χ0v) is 9.03. The summed E-state index contributed by atoms with van der Waals surface area (Å²) >= 11 is 0. The average Bonchev–Trinajstić information content (AvgIpc) is 2.59. The molecule has 1 fully saturated rings. The summed E-state index contributed by atoms with van der Waals surface area (Å²) in [6.07, 6.45) is -0.0339. The fourth-order valence-electron chi connectivity index (χ4n) is 2.04. The molecule has 0 bridgehead atoms. The van der Waals surface area contributed by atoms with Crippen LogP contribution in [0.5, 0.6) is 5.75 Å². The maximum Gasteiger partial charge on any atom is 0.118 e. The molecule has 0 saturated carbocycles. The standard InChI is InChI=1S/C11H17N3O/c1-7-10(11(12)14-13-7)8-3-5-9(15-2)6-4-8/h3-7,10-11,13-14H,12H2,1-2H3. The van der Waals surface area contributed by atoms with Crippen molar-refractivity contribution in [3.63, 3.8) is 0 Å². The van der Waals surface area contributed by atoms with Crippen molar-refractivity contribution >= 4 is 0 Å². The SMILES string of the molecule is COc1ccc(C2C(C)NNC2N)cc1. The van der Waals surface area contributed by atoms with E-state index < -0.39 is 0 Å². The lowest BCUT2D eigenvalue weighted by molar-refractivity contribution is 0.414. The van der Waals surface area contributed by atoms with E-state index in [1.807, 2.05) is 12.1 Å². The third-order valence-corrected chi connectivity index (χ3v) is 2.90. The van der Waals surface area contributed by atoms with Gasteiger partial charge < -0.3 is 10.5 Å². The average molecular weight is 207 g/mol. The first-order valence-corrected chi connectivity index (χ1v) is 5.13. The van der Waals surface area contributed by atoms with Crippen LogP contribution in [0.25, 0.3) is 0 Å². The number of nitrogens with two attached hydrogens (primary N) is 1. The molecule has 4 N–H and O–H groups in total. The van der Waals surface area contributed by atoms with Gasteiger partial charge in [-0.3, -0.25) is 5.43 Å². The second kappa shape index (κ2) is 4.18. The van der Waals surface area contributed by atoms with E-state index in [1.54, 1.807) is 7.11 Å². The molecule has 1 saturated heterocycles. The van der Waals surface area contributed by atoms with Crippen molar-refractivity contribution in [3.05, 3.63) is 29.8 Å². The van der Waals surface area contributed by atoms with Crippen LogP contribution in [0.4, 0.5) is 0 Å². The Hall–Kier alpha value is -1.10. The molecule has 1 aliphatic rings. The van der Waals surface area contributed by atoms with Gasteiger partial charge in [0.25, 0.3) is 0 Å². The lowest BCUT2D eigenvalue weighted by atomic mass is 9.92. The largest absolute Gasteiger partial charge is 0.497 e. The monoisotopic (exact) mass is 207 g/mol. The van der Waals surface area contributed by atoms with E-state index in [9.17, 15) is 0 Å². The summed E-state index contributed by atoms with van der Waals surface area (Å²) in [5.41, 5.74) is 13.4. The Morgan fingerprint density at radius 3 is 2.33 bits per heavy atom. The fraction of sp³-hybridized carbons (Fsp3) is 0.455. The summed E-state index contributed by atoms with van der Waals surface area (Å²) in [4.78, 5) is 0. The van der Waals surface area contributed by atoms with Gasteiger partial charge in [0, 0.05) is 12.0 Å². The minimum absolute atomic E-state index is 0.0339. The first-order valence-electron chi connectivity index (χ1n) is 5.13.